The van der Waals surface area contributed by atoms with E-state index in [2.05, 4.69) is 23.2 Å². The van der Waals surface area contributed by atoms with Crippen LogP contribution in [0.4, 0.5) is 0 Å². The fourth-order valence-electron chi connectivity index (χ4n) is 2.18. The van der Waals surface area contributed by atoms with Crippen molar-refractivity contribution in [1.29, 1.82) is 0 Å². The molecule has 1 aromatic heterocycles. The van der Waals surface area contributed by atoms with E-state index in [1.165, 1.54) is 12.5 Å². The smallest absolute Gasteiger partial charge is 0.199 e. The van der Waals surface area contributed by atoms with Gasteiger partial charge >= 0.3 is 0 Å². The maximum atomic E-state index is 5.75. The van der Waals surface area contributed by atoms with Gasteiger partial charge < -0.3 is 15.3 Å². The number of rotatable bonds is 4. The van der Waals surface area contributed by atoms with E-state index in [1.54, 1.807) is 12.4 Å². The lowest BCUT2D eigenvalue weighted by atomic mass is 9.91. The Morgan fingerprint density at radius 1 is 1.39 bits per heavy atom. The fraction of sp³-hybridized carbons (Fsp3) is 0.200. The molecule has 5 N–H and O–H groups in total. The van der Waals surface area contributed by atoms with E-state index in [4.69, 9.17) is 33.4 Å². The van der Waals surface area contributed by atoms with Crippen LogP contribution in [0, 0.1) is 6.92 Å². The van der Waals surface area contributed by atoms with Gasteiger partial charge in [0.05, 0.1) is 6.20 Å². The van der Waals surface area contributed by atoms with Crippen LogP contribution in [-0.2, 0) is 4.84 Å². The number of thiocarbonyl (C=S) groups is 1. The van der Waals surface area contributed by atoms with Crippen molar-refractivity contribution in [3.8, 4) is 5.75 Å². The van der Waals surface area contributed by atoms with Crippen LogP contribution in [-0.4, -0.2) is 10.0 Å². The maximum Gasteiger partial charge on any atom is 0.199 e. The van der Waals surface area contributed by atoms with Crippen LogP contribution in [0.1, 0.15) is 18.4 Å². The number of ether oxygens (including phenoxy) is 1. The van der Waals surface area contributed by atoms with Crippen LogP contribution in [0.3, 0.4) is 0 Å². The summed E-state index contributed by atoms with van der Waals surface area (Å²) in [5.41, 5.74) is 11.1. The van der Waals surface area contributed by atoms with Crippen LogP contribution in [0.2, 0.25) is 0 Å². The Bertz CT molecular complexity index is 698. The summed E-state index contributed by atoms with van der Waals surface area (Å²) in [5.74, 6) is 5.70. The molecule has 0 fully saturated rings. The molecule has 0 saturated carbocycles. The summed E-state index contributed by atoms with van der Waals surface area (Å²) >= 11 is 9.97. The van der Waals surface area contributed by atoms with Crippen LogP contribution in [0.5, 0.6) is 5.75 Å². The third-order valence-corrected chi connectivity index (χ3v) is 4.06. The second-order valence-corrected chi connectivity index (χ2v) is 5.70. The van der Waals surface area contributed by atoms with Crippen molar-refractivity contribution in [3.05, 3.63) is 58.1 Å². The normalized spacial score (nSPS) is 18.4. The summed E-state index contributed by atoms with van der Waals surface area (Å²) in [4.78, 5) is 9.71. The Morgan fingerprint density at radius 3 is 2.78 bits per heavy atom. The molecule has 1 aliphatic carbocycles. The second-order valence-electron chi connectivity index (χ2n) is 4.88. The van der Waals surface area contributed by atoms with E-state index in [9.17, 15) is 0 Å². The molecule has 0 bridgehead atoms. The van der Waals surface area contributed by atoms with Gasteiger partial charge in [-0.25, -0.2) is 5.84 Å². The van der Waals surface area contributed by atoms with Crippen molar-refractivity contribution in [3.63, 3.8) is 0 Å². The van der Waals surface area contributed by atoms with Crippen LogP contribution >= 0.6 is 24.8 Å². The quantitative estimate of drug-likeness (QED) is 0.217. The number of aryl methyl sites for hydroxylation is 1. The molecule has 0 aromatic carbocycles. The van der Waals surface area contributed by atoms with Gasteiger partial charge in [-0.05, 0) is 55.4 Å². The van der Waals surface area contributed by atoms with Gasteiger partial charge in [0, 0.05) is 22.2 Å². The first-order valence-corrected chi connectivity index (χ1v) is 7.71. The van der Waals surface area contributed by atoms with Crippen molar-refractivity contribution in [2.45, 2.75) is 19.8 Å². The molecule has 122 valence electrons. The van der Waals surface area contributed by atoms with Crippen molar-refractivity contribution >= 4 is 29.9 Å². The Morgan fingerprint density at radius 2 is 2.13 bits per heavy atom. The topological polar surface area (TPSA) is 95.4 Å². The van der Waals surface area contributed by atoms with Gasteiger partial charge in [-0.15, -0.1) is 12.6 Å². The highest BCUT2D eigenvalue weighted by Gasteiger charge is 2.24. The summed E-state index contributed by atoms with van der Waals surface area (Å²) in [5, 5.41) is 0.272. The minimum absolute atomic E-state index is 0.272. The molecule has 0 amide bonds. The predicted octanol–water partition coefficient (Wildman–Crippen LogP) is 2.20. The number of hydrogen-bond acceptors (Lipinski definition) is 8. The summed E-state index contributed by atoms with van der Waals surface area (Å²) in [6.45, 7) is 1.92. The maximum absolute atomic E-state index is 5.75. The van der Waals surface area contributed by atoms with Gasteiger partial charge in [-0.3, -0.25) is 4.98 Å². The number of thiol groups is 1. The van der Waals surface area contributed by atoms with E-state index in [0.717, 1.165) is 23.1 Å². The number of nitrogens with two attached hydrogens (primary N) is 2. The van der Waals surface area contributed by atoms with Crippen molar-refractivity contribution in [2.24, 2.45) is 11.6 Å². The number of aromatic nitrogens is 1. The molecule has 23 heavy (non-hydrogen) atoms. The Labute approximate surface area is 145 Å². The summed E-state index contributed by atoms with van der Waals surface area (Å²) in [6.07, 6.45) is 7.76. The fourth-order valence-corrected chi connectivity index (χ4v) is 3.02. The molecule has 8 heteroatoms. The van der Waals surface area contributed by atoms with E-state index in [1.807, 2.05) is 13.0 Å². The first-order chi connectivity index (χ1) is 11.1. The summed E-state index contributed by atoms with van der Waals surface area (Å²) in [6, 6.07) is 1.85. The lowest BCUT2D eigenvalue weighted by Gasteiger charge is -2.22. The molecular formula is C15H18N4O2S2. The van der Waals surface area contributed by atoms with Crippen LogP contribution in [0.15, 0.2) is 52.5 Å². The van der Waals surface area contributed by atoms with Crippen molar-refractivity contribution in [2.75, 3.05) is 0 Å². The first kappa shape index (κ1) is 17.5. The molecule has 6 nitrogen and oxygen atoms in total. The zero-order chi connectivity index (χ0) is 16.8. The van der Waals surface area contributed by atoms with Crippen LogP contribution in [0.25, 0.3) is 0 Å². The van der Waals surface area contributed by atoms with Crippen molar-refractivity contribution in [1.82, 2.24) is 10.6 Å². The van der Waals surface area contributed by atoms with Gasteiger partial charge in [0.25, 0.3) is 0 Å². The lowest BCUT2D eigenvalue weighted by Crippen LogP contribution is -2.21. The summed E-state index contributed by atoms with van der Waals surface area (Å²) < 4.78 is 5.75. The van der Waals surface area contributed by atoms with E-state index >= 15 is 0 Å². The molecular weight excluding hydrogens is 332 g/mol. The Balaban J connectivity index is 2.35. The molecule has 1 aromatic rings. The number of nitrogens with zero attached hydrogens (tertiary/aromatic N) is 1. The molecule has 0 aliphatic heterocycles. The third-order valence-electron chi connectivity index (χ3n) is 3.26. The monoisotopic (exact) mass is 350 g/mol. The molecule has 0 atom stereocenters. The van der Waals surface area contributed by atoms with E-state index in [-0.39, 0.29) is 5.05 Å². The molecule has 2 rings (SSSR count). The third kappa shape index (κ3) is 4.32. The Kier molecular flexibility index (Phi) is 6.17. The number of hydrazine groups is 1. The van der Waals surface area contributed by atoms with Gasteiger partial charge in [-0.2, -0.15) is 0 Å². The predicted molar refractivity (Wildman–Crippen MR) is 96.2 cm³/mol. The van der Waals surface area contributed by atoms with Gasteiger partial charge in [0.15, 0.2) is 5.05 Å². The van der Waals surface area contributed by atoms with Crippen LogP contribution < -0.4 is 21.9 Å². The number of nitrogens with one attached hydrogen (secondary N) is 1. The van der Waals surface area contributed by atoms with Gasteiger partial charge in [-0.1, -0.05) is 5.59 Å². The molecule has 1 heterocycles. The minimum Gasteiger partial charge on any atom is -0.444 e. The lowest BCUT2D eigenvalue weighted by molar-refractivity contribution is 0.134. The highest BCUT2D eigenvalue weighted by Crippen LogP contribution is 2.36. The molecule has 0 spiro atoms. The van der Waals surface area contributed by atoms with E-state index < -0.39 is 0 Å². The summed E-state index contributed by atoms with van der Waals surface area (Å²) in [7, 11) is 0. The standard InChI is InChI=1S/C15H18N4O2S2/c1-9-4-12(7-18-6-9)21-15(23)13-11(8-20-19-17)3-2-10(5-16)14(13)22/h4-8,19,22H,2-3,16-17H2,1H3/b10-5?,11-8+. The largest absolute Gasteiger partial charge is 0.444 e. The zero-order valence-corrected chi connectivity index (χ0v) is 14.3. The zero-order valence-electron chi connectivity index (χ0n) is 12.6. The van der Waals surface area contributed by atoms with Gasteiger partial charge in [0.1, 0.15) is 12.0 Å². The Hall–Kier alpha value is -1.87. The number of hydrogen-bond donors (Lipinski definition) is 4. The number of pyridine rings is 1. The van der Waals surface area contributed by atoms with Crippen molar-refractivity contribution < 1.29 is 9.57 Å². The molecule has 0 saturated heterocycles. The average molecular weight is 350 g/mol. The van der Waals surface area contributed by atoms with E-state index in [0.29, 0.717) is 22.6 Å². The SMILES string of the molecule is Cc1cncc(OC(=S)C2=C(S)C(=CN)CC/C2=C\ONN)c1. The first-order valence-electron chi connectivity index (χ1n) is 6.85. The highest BCUT2D eigenvalue weighted by molar-refractivity contribution is 7.85. The minimum atomic E-state index is 0.272. The molecule has 0 radical (unpaired) electrons. The second kappa shape index (κ2) is 8.11. The van der Waals surface area contributed by atoms with Gasteiger partial charge in [0.2, 0.25) is 0 Å². The molecule has 1 aliphatic rings. The average Bonchev–Trinajstić information content (AvgIpc) is 2.52. The highest BCUT2D eigenvalue weighted by atomic mass is 32.1. The molecule has 0 unspecified atom stereocenters. The number of allylic oxidation sites excluding steroid dienone is 1.